The van der Waals surface area contributed by atoms with Gasteiger partial charge in [-0.25, -0.2) is 4.39 Å². The van der Waals surface area contributed by atoms with Crippen molar-refractivity contribution in [2.75, 3.05) is 18.7 Å². The predicted octanol–water partition coefficient (Wildman–Crippen LogP) is 4.52. The van der Waals surface area contributed by atoms with Crippen LogP contribution in [0.2, 0.25) is 0 Å². The van der Waals surface area contributed by atoms with Crippen LogP contribution in [0.25, 0.3) is 0 Å². The number of carbonyl (C=O) groups is 1. The summed E-state index contributed by atoms with van der Waals surface area (Å²) in [6, 6.07) is 17.7. The summed E-state index contributed by atoms with van der Waals surface area (Å²) >= 11 is 0. The van der Waals surface area contributed by atoms with Crippen molar-refractivity contribution in [2.45, 2.75) is 19.4 Å². The van der Waals surface area contributed by atoms with Crippen molar-refractivity contribution >= 4 is 23.0 Å². The molecule has 7 heteroatoms. The molecule has 162 valence electrons. The fourth-order valence-corrected chi connectivity index (χ4v) is 3.95. The summed E-state index contributed by atoms with van der Waals surface area (Å²) in [5.74, 6) is -0.0612. The van der Waals surface area contributed by atoms with Gasteiger partial charge in [0.05, 0.1) is 11.4 Å². The number of ether oxygens (including phenoxy) is 2. The van der Waals surface area contributed by atoms with Crippen molar-refractivity contribution in [3.8, 4) is 11.5 Å². The predicted molar refractivity (Wildman–Crippen MR) is 120 cm³/mol. The Bertz CT molecular complexity index is 1210. The van der Waals surface area contributed by atoms with E-state index in [1.54, 1.807) is 6.07 Å². The number of halogens is 1. The second kappa shape index (κ2) is 8.43. The first kappa shape index (κ1) is 20.2. The normalized spacial score (nSPS) is 16.8. The average Bonchev–Trinajstić information content (AvgIpc) is 3.39. The second-order valence-corrected chi connectivity index (χ2v) is 7.67. The quantitative estimate of drug-likeness (QED) is 0.563. The Morgan fingerprint density at radius 2 is 1.91 bits per heavy atom. The molecule has 0 saturated carbocycles. The summed E-state index contributed by atoms with van der Waals surface area (Å²) < 4.78 is 24.7. The molecule has 0 saturated heterocycles. The summed E-state index contributed by atoms with van der Waals surface area (Å²) in [6.07, 6.45) is 0. The van der Waals surface area contributed by atoms with Gasteiger partial charge in [-0.1, -0.05) is 25.1 Å². The molecule has 3 aromatic carbocycles. The van der Waals surface area contributed by atoms with E-state index in [2.05, 4.69) is 17.6 Å². The number of nitrogens with zero attached hydrogens (tertiary/aromatic N) is 1. The fourth-order valence-electron chi connectivity index (χ4n) is 3.95. The Kier molecular flexibility index (Phi) is 5.33. The van der Waals surface area contributed by atoms with Gasteiger partial charge in [0, 0.05) is 17.8 Å². The Hall–Kier alpha value is -3.71. The third-order valence-electron chi connectivity index (χ3n) is 5.55. The van der Waals surface area contributed by atoms with Crippen LogP contribution in [0, 0.1) is 5.82 Å². The minimum absolute atomic E-state index is 0.157. The van der Waals surface area contributed by atoms with E-state index in [0.29, 0.717) is 28.5 Å². The van der Waals surface area contributed by atoms with Gasteiger partial charge in [0.1, 0.15) is 11.7 Å². The van der Waals surface area contributed by atoms with Gasteiger partial charge in [-0.2, -0.15) is 0 Å². The van der Waals surface area contributed by atoms with Crippen LogP contribution >= 0.6 is 0 Å². The maximum absolute atomic E-state index is 13.7. The monoisotopic (exact) mass is 431 g/mol. The third kappa shape index (κ3) is 3.83. The largest absolute Gasteiger partial charge is 0.454 e. The molecule has 3 aromatic rings. The molecule has 2 N–H and O–H groups in total. The number of anilines is 1. The lowest BCUT2D eigenvalue weighted by Crippen LogP contribution is -2.22. The SMILES string of the molecule is CCNCc1ccc(N=C(c2ccc3c(c2)OCO3)C2C(=O)Nc3cc(F)ccc32)cc1. The van der Waals surface area contributed by atoms with E-state index in [1.807, 2.05) is 42.5 Å². The molecular weight excluding hydrogens is 409 g/mol. The van der Waals surface area contributed by atoms with Crippen LogP contribution in [0.15, 0.2) is 65.7 Å². The maximum atomic E-state index is 13.7. The molecule has 2 aliphatic heterocycles. The molecule has 0 radical (unpaired) electrons. The lowest BCUT2D eigenvalue weighted by Gasteiger charge is -2.14. The molecule has 2 aliphatic rings. The lowest BCUT2D eigenvalue weighted by molar-refractivity contribution is -0.115. The highest BCUT2D eigenvalue weighted by Gasteiger charge is 2.36. The number of benzene rings is 3. The molecule has 1 atom stereocenters. The highest BCUT2D eigenvalue weighted by molar-refractivity contribution is 6.24. The first-order valence-electron chi connectivity index (χ1n) is 10.5. The third-order valence-corrected chi connectivity index (χ3v) is 5.55. The van der Waals surface area contributed by atoms with E-state index in [9.17, 15) is 9.18 Å². The molecule has 0 bridgehead atoms. The number of carbonyl (C=O) groups excluding carboxylic acids is 1. The van der Waals surface area contributed by atoms with Gasteiger partial charge in [0.15, 0.2) is 11.5 Å². The smallest absolute Gasteiger partial charge is 0.238 e. The first-order chi connectivity index (χ1) is 15.6. The second-order valence-electron chi connectivity index (χ2n) is 7.67. The van der Waals surface area contributed by atoms with Gasteiger partial charge >= 0.3 is 0 Å². The summed E-state index contributed by atoms with van der Waals surface area (Å²) in [4.78, 5) is 17.8. The molecule has 6 nitrogen and oxygen atoms in total. The van der Waals surface area contributed by atoms with Crippen LogP contribution < -0.4 is 20.1 Å². The minimum Gasteiger partial charge on any atom is -0.454 e. The van der Waals surface area contributed by atoms with Gasteiger partial charge in [0.2, 0.25) is 12.7 Å². The van der Waals surface area contributed by atoms with E-state index in [4.69, 9.17) is 14.5 Å². The van der Waals surface area contributed by atoms with Crippen molar-refractivity contribution in [3.63, 3.8) is 0 Å². The molecule has 0 aliphatic carbocycles. The Labute approximate surface area is 185 Å². The number of aliphatic imine (C=N–C) groups is 1. The summed E-state index contributed by atoms with van der Waals surface area (Å²) in [5, 5.41) is 6.08. The highest BCUT2D eigenvalue weighted by atomic mass is 19.1. The van der Waals surface area contributed by atoms with Gasteiger partial charge < -0.3 is 20.1 Å². The molecule has 1 unspecified atom stereocenters. The van der Waals surface area contributed by atoms with Crippen molar-refractivity contribution in [1.29, 1.82) is 0 Å². The van der Waals surface area contributed by atoms with Crippen LogP contribution in [0.4, 0.5) is 15.8 Å². The molecular formula is C25H22FN3O3. The van der Waals surface area contributed by atoms with Crippen molar-refractivity contribution in [2.24, 2.45) is 4.99 Å². The molecule has 1 amide bonds. The van der Waals surface area contributed by atoms with Crippen molar-refractivity contribution in [1.82, 2.24) is 5.32 Å². The number of nitrogens with one attached hydrogen (secondary N) is 2. The van der Waals surface area contributed by atoms with Crippen molar-refractivity contribution in [3.05, 3.63) is 83.2 Å². The van der Waals surface area contributed by atoms with Gasteiger partial charge in [-0.05, 0) is 60.1 Å². The Morgan fingerprint density at radius 3 is 2.72 bits per heavy atom. The molecule has 5 rings (SSSR count). The zero-order valence-corrected chi connectivity index (χ0v) is 17.5. The number of fused-ring (bicyclic) bond motifs is 2. The van der Waals surface area contributed by atoms with Crippen LogP contribution in [0.1, 0.15) is 29.5 Å². The highest BCUT2D eigenvalue weighted by Crippen LogP contribution is 2.39. The molecule has 32 heavy (non-hydrogen) atoms. The van der Waals surface area contributed by atoms with Gasteiger partial charge in [-0.15, -0.1) is 0 Å². The molecule has 2 heterocycles. The molecule has 0 aromatic heterocycles. The summed E-state index contributed by atoms with van der Waals surface area (Å²) in [5.41, 5.74) is 4.33. The number of amides is 1. The van der Waals surface area contributed by atoms with E-state index in [0.717, 1.165) is 29.9 Å². The number of hydrogen-bond donors (Lipinski definition) is 2. The number of rotatable bonds is 6. The van der Waals surface area contributed by atoms with E-state index in [-0.39, 0.29) is 12.7 Å². The standard InChI is InChI=1S/C25H22FN3O3/c1-2-27-13-15-3-7-18(8-4-15)28-24(16-5-10-21-22(11-16)32-14-31-21)23-19-9-6-17(26)12-20(19)29-25(23)30/h3-12,23,27H,2,13-14H2,1H3,(H,29,30). The minimum atomic E-state index is -0.674. The summed E-state index contributed by atoms with van der Waals surface area (Å²) in [7, 11) is 0. The first-order valence-corrected chi connectivity index (χ1v) is 10.5. The zero-order valence-electron chi connectivity index (χ0n) is 17.5. The van der Waals surface area contributed by atoms with Crippen LogP contribution in [-0.4, -0.2) is 25.0 Å². The van der Waals surface area contributed by atoms with Crippen molar-refractivity contribution < 1.29 is 18.7 Å². The van der Waals surface area contributed by atoms with Gasteiger partial charge in [-0.3, -0.25) is 9.79 Å². The average molecular weight is 431 g/mol. The number of hydrogen-bond acceptors (Lipinski definition) is 5. The van der Waals surface area contributed by atoms with Gasteiger partial charge in [0.25, 0.3) is 0 Å². The fraction of sp³-hybridized carbons (Fsp3) is 0.200. The van der Waals surface area contributed by atoms with E-state index >= 15 is 0 Å². The van der Waals surface area contributed by atoms with E-state index in [1.165, 1.54) is 12.1 Å². The van der Waals surface area contributed by atoms with Crippen LogP contribution in [-0.2, 0) is 11.3 Å². The topological polar surface area (TPSA) is 72.0 Å². The van der Waals surface area contributed by atoms with Crippen LogP contribution in [0.3, 0.4) is 0 Å². The summed E-state index contributed by atoms with van der Waals surface area (Å²) in [6.45, 7) is 3.89. The lowest BCUT2D eigenvalue weighted by atomic mass is 9.90. The Balaban J connectivity index is 1.59. The Morgan fingerprint density at radius 1 is 1.09 bits per heavy atom. The molecule has 0 fully saturated rings. The van der Waals surface area contributed by atoms with E-state index < -0.39 is 11.7 Å². The van der Waals surface area contributed by atoms with Crippen LogP contribution in [0.5, 0.6) is 11.5 Å². The molecule has 0 spiro atoms. The maximum Gasteiger partial charge on any atom is 0.238 e. The zero-order chi connectivity index (χ0) is 22.1.